The molecule has 0 heterocycles. The SMILES string of the molecule is CCC(Oc1ccc(Cl)cc1Cl)C(=O)NCc1cccc(OC)c1OC. The molecule has 0 aliphatic carbocycles. The van der Waals surface area contributed by atoms with Crippen molar-refractivity contribution in [3.63, 3.8) is 0 Å². The van der Waals surface area contributed by atoms with E-state index in [1.165, 1.54) is 0 Å². The van der Waals surface area contributed by atoms with E-state index in [1.54, 1.807) is 38.5 Å². The fraction of sp³-hybridized carbons (Fsp3) is 0.316. The zero-order valence-corrected chi connectivity index (χ0v) is 16.4. The van der Waals surface area contributed by atoms with Crippen LogP contribution in [0.15, 0.2) is 36.4 Å². The molecule has 5 nitrogen and oxygen atoms in total. The smallest absolute Gasteiger partial charge is 0.261 e. The number of ether oxygens (including phenoxy) is 3. The van der Waals surface area contributed by atoms with E-state index in [9.17, 15) is 4.79 Å². The normalized spacial score (nSPS) is 11.6. The van der Waals surface area contributed by atoms with Gasteiger partial charge in [0.05, 0.1) is 19.2 Å². The molecule has 0 spiro atoms. The summed E-state index contributed by atoms with van der Waals surface area (Å²) >= 11 is 12.0. The van der Waals surface area contributed by atoms with E-state index in [4.69, 9.17) is 37.4 Å². The number of halogens is 2. The molecular formula is C19H21Cl2NO4. The van der Waals surface area contributed by atoms with Crippen LogP contribution in [-0.4, -0.2) is 26.2 Å². The van der Waals surface area contributed by atoms with Crippen LogP contribution in [0.4, 0.5) is 0 Å². The second-order valence-electron chi connectivity index (χ2n) is 5.46. The molecule has 26 heavy (non-hydrogen) atoms. The molecule has 1 N–H and O–H groups in total. The lowest BCUT2D eigenvalue weighted by atomic mass is 10.1. The van der Waals surface area contributed by atoms with E-state index in [2.05, 4.69) is 5.32 Å². The van der Waals surface area contributed by atoms with E-state index >= 15 is 0 Å². The van der Waals surface area contributed by atoms with Gasteiger partial charge in [-0.25, -0.2) is 0 Å². The Morgan fingerprint density at radius 1 is 1.12 bits per heavy atom. The molecule has 0 radical (unpaired) electrons. The summed E-state index contributed by atoms with van der Waals surface area (Å²) < 4.78 is 16.4. The van der Waals surface area contributed by atoms with Gasteiger partial charge in [-0.2, -0.15) is 0 Å². The van der Waals surface area contributed by atoms with Crippen LogP contribution in [0.25, 0.3) is 0 Å². The molecule has 2 rings (SSSR count). The quantitative estimate of drug-likeness (QED) is 0.712. The molecule has 1 atom stereocenters. The molecule has 0 bridgehead atoms. The van der Waals surface area contributed by atoms with Crippen molar-refractivity contribution in [2.24, 2.45) is 0 Å². The number of carbonyl (C=O) groups is 1. The van der Waals surface area contributed by atoms with E-state index in [-0.39, 0.29) is 12.5 Å². The first-order valence-electron chi connectivity index (χ1n) is 8.09. The van der Waals surface area contributed by atoms with Crippen LogP contribution in [0.2, 0.25) is 10.0 Å². The van der Waals surface area contributed by atoms with Gasteiger partial charge in [-0.15, -0.1) is 0 Å². The van der Waals surface area contributed by atoms with Crippen LogP contribution in [0.5, 0.6) is 17.2 Å². The molecule has 2 aromatic carbocycles. The number of nitrogens with one attached hydrogen (secondary N) is 1. The number of methoxy groups -OCH3 is 2. The molecule has 0 saturated carbocycles. The fourth-order valence-corrected chi connectivity index (χ4v) is 2.89. The van der Waals surface area contributed by atoms with Crippen molar-refractivity contribution in [3.05, 3.63) is 52.0 Å². The van der Waals surface area contributed by atoms with E-state index in [0.29, 0.717) is 33.7 Å². The average molecular weight is 398 g/mol. The van der Waals surface area contributed by atoms with Gasteiger partial charge in [-0.3, -0.25) is 4.79 Å². The Bertz CT molecular complexity index is 767. The minimum absolute atomic E-state index is 0.247. The highest BCUT2D eigenvalue weighted by atomic mass is 35.5. The van der Waals surface area contributed by atoms with E-state index in [0.717, 1.165) is 5.56 Å². The van der Waals surface area contributed by atoms with Crippen molar-refractivity contribution >= 4 is 29.1 Å². The lowest BCUT2D eigenvalue weighted by Gasteiger charge is -2.19. The van der Waals surface area contributed by atoms with Gasteiger partial charge >= 0.3 is 0 Å². The Labute approximate surface area is 163 Å². The number of benzene rings is 2. The Kier molecular flexibility index (Phi) is 7.42. The van der Waals surface area contributed by atoms with Crippen LogP contribution in [0.1, 0.15) is 18.9 Å². The molecule has 0 fully saturated rings. The molecule has 0 aliphatic heterocycles. The minimum Gasteiger partial charge on any atom is -0.493 e. The highest BCUT2D eigenvalue weighted by molar-refractivity contribution is 6.35. The highest BCUT2D eigenvalue weighted by Gasteiger charge is 2.20. The molecule has 2 aromatic rings. The summed E-state index contributed by atoms with van der Waals surface area (Å²) in [6.45, 7) is 2.15. The summed E-state index contributed by atoms with van der Waals surface area (Å²) in [5.41, 5.74) is 0.805. The lowest BCUT2D eigenvalue weighted by molar-refractivity contribution is -0.128. The number of hydrogen-bond acceptors (Lipinski definition) is 4. The van der Waals surface area contributed by atoms with E-state index < -0.39 is 6.10 Å². The van der Waals surface area contributed by atoms with Crippen molar-refractivity contribution in [1.29, 1.82) is 0 Å². The predicted molar refractivity (Wildman–Crippen MR) is 103 cm³/mol. The van der Waals surface area contributed by atoms with Gasteiger partial charge in [0.1, 0.15) is 5.75 Å². The van der Waals surface area contributed by atoms with Gasteiger partial charge in [-0.1, -0.05) is 42.3 Å². The van der Waals surface area contributed by atoms with Gasteiger partial charge < -0.3 is 19.5 Å². The first-order valence-corrected chi connectivity index (χ1v) is 8.85. The third-order valence-electron chi connectivity index (χ3n) is 3.76. The molecule has 0 aromatic heterocycles. The maximum Gasteiger partial charge on any atom is 0.261 e. The zero-order valence-electron chi connectivity index (χ0n) is 14.8. The second-order valence-corrected chi connectivity index (χ2v) is 6.30. The molecule has 140 valence electrons. The fourth-order valence-electron chi connectivity index (χ4n) is 2.44. The van der Waals surface area contributed by atoms with Crippen molar-refractivity contribution in [2.45, 2.75) is 26.0 Å². The lowest BCUT2D eigenvalue weighted by Crippen LogP contribution is -2.37. The molecule has 0 saturated heterocycles. The van der Waals surface area contributed by atoms with Crippen LogP contribution < -0.4 is 19.5 Å². The van der Waals surface area contributed by atoms with Crippen LogP contribution in [-0.2, 0) is 11.3 Å². The first kappa shape index (κ1) is 20.2. The van der Waals surface area contributed by atoms with E-state index in [1.807, 2.05) is 19.1 Å². The van der Waals surface area contributed by atoms with Crippen LogP contribution in [0, 0.1) is 0 Å². The average Bonchev–Trinajstić information content (AvgIpc) is 2.65. The maximum atomic E-state index is 12.5. The number of amides is 1. The molecule has 7 heteroatoms. The summed E-state index contributed by atoms with van der Waals surface area (Å²) in [6, 6.07) is 10.4. The Morgan fingerprint density at radius 2 is 1.88 bits per heavy atom. The second kappa shape index (κ2) is 9.55. The third-order valence-corrected chi connectivity index (χ3v) is 4.29. The summed E-state index contributed by atoms with van der Waals surface area (Å²) in [5.74, 6) is 1.36. The zero-order chi connectivity index (χ0) is 19.1. The summed E-state index contributed by atoms with van der Waals surface area (Å²) in [4.78, 5) is 12.5. The Morgan fingerprint density at radius 3 is 2.50 bits per heavy atom. The van der Waals surface area contributed by atoms with Gasteiger partial charge in [0.25, 0.3) is 5.91 Å². The highest BCUT2D eigenvalue weighted by Crippen LogP contribution is 2.31. The first-order chi connectivity index (χ1) is 12.5. The summed E-state index contributed by atoms with van der Waals surface area (Å²) in [6.07, 6.45) is -0.190. The van der Waals surface area contributed by atoms with Gasteiger partial charge in [-0.05, 0) is 30.7 Å². The summed E-state index contributed by atoms with van der Waals surface area (Å²) in [7, 11) is 3.13. The topological polar surface area (TPSA) is 56.8 Å². The van der Waals surface area contributed by atoms with Gasteiger partial charge in [0.15, 0.2) is 17.6 Å². The van der Waals surface area contributed by atoms with Gasteiger partial charge in [0.2, 0.25) is 0 Å². The number of rotatable bonds is 8. The molecule has 1 amide bonds. The maximum absolute atomic E-state index is 12.5. The largest absolute Gasteiger partial charge is 0.493 e. The Hall–Kier alpha value is -2.11. The predicted octanol–water partition coefficient (Wildman–Crippen LogP) is 4.48. The number of carbonyl (C=O) groups excluding carboxylic acids is 1. The standard InChI is InChI=1S/C19H21Cl2NO4/c1-4-15(26-16-9-8-13(20)10-14(16)21)19(23)22-11-12-6-5-7-17(24-2)18(12)25-3/h5-10,15H,4,11H2,1-3H3,(H,22,23). The minimum atomic E-state index is -0.676. The molecule has 0 aliphatic rings. The Balaban J connectivity index is 2.06. The molecular weight excluding hydrogens is 377 g/mol. The van der Waals surface area contributed by atoms with Crippen LogP contribution in [0.3, 0.4) is 0 Å². The van der Waals surface area contributed by atoms with Crippen LogP contribution >= 0.6 is 23.2 Å². The summed E-state index contributed by atoms with van der Waals surface area (Å²) in [5, 5.41) is 3.72. The molecule has 1 unspecified atom stereocenters. The van der Waals surface area contributed by atoms with Crippen molar-refractivity contribution in [3.8, 4) is 17.2 Å². The monoisotopic (exact) mass is 397 g/mol. The number of para-hydroxylation sites is 1. The van der Waals surface area contributed by atoms with Gasteiger partial charge in [0, 0.05) is 17.1 Å². The van der Waals surface area contributed by atoms with Crippen molar-refractivity contribution in [2.75, 3.05) is 14.2 Å². The third kappa shape index (κ3) is 4.96. The number of hydrogen-bond donors (Lipinski definition) is 1. The van der Waals surface area contributed by atoms with Crippen molar-refractivity contribution in [1.82, 2.24) is 5.32 Å². The van der Waals surface area contributed by atoms with Crippen molar-refractivity contribution < 1.29 is 19.0 Å².